The van der Waals surface area contributed by atoms with E-state index >= 15 is 0 Å². The van der Waals surface area contributed by atoms with Gasteiger partial charge in [0.1, 0.15) is 11.2 Å². The molecule has 2 aliphatic carbocycles. The molecule has 2 saturated carbocycles. The average Bonchev–Trinajstić information content (AvgIpc) is 3.46. The van der Waals surface area contributed by atoms with Gasteiger partial charge in [-0.2, -0.15) is 0 Å². The van der Waals surface area contributed by atoms with E-state index in [9.17, 15) is 9.59 Å². The zero-order valence-electron chi connectivity index (χ0n) is 15.2. The van der Waals surface area contributed by atoms with E-state index in [4.69, 9.17) is 10.5 Å². The molecule has 0 bridgehead atoms. The van der Waals surface area contributed by atoms with E-state index in [0.717, 1.165) is 18.4 Å². The highest BCUT2D eigenvalue weighted by molar-refractivity contribution is 5.97. The second kappa shape index (κ2) is 6.65. The van der Waals surface area contributed by atoms with Crippen LogP contribution in [0.4, 0.5) is 0 Å². The largest absolute Gasteiger partial charge is 0.477 e. The Morgan fingerprint density at radius 2 is 2.00 bits per heavy atom. The first-order chi connectivity index (χ1) is 11.8. The molecule has 0 aromatic carbocycles. The molecule has 0 saturated heterocycles. The van der Waals surface area contributed by atoms with Gasteiger partial charge >= 0.3 is 0 Å². The lowest BCUT2D eigenvalue weighted by Gasteiger charge is -2.31. The van der Waals surface area contributed by atoms with Gasteiger partial charge in [-0.25, -0.2) is 4.98 Å². The molecule has 25 heavy (non-hydrogen) atoms. The number of hydrogen-bond donors (Lipinski definition) is 2. The molecule has 1 unspecified atom stereocenters. The fourth-order valence-electron chi connectivity index (χ4n) is 2.67. The first kappa shape index (κ1) is 17.7. The summed E-state index contributed by atoms with van der Waals surface area (Å²) in [5.74, 6) is 0.567. The molecule has 3 N–H and O–H groups in total. The van der Waals surface area contributed by atoms with Gasteiger partial charge in [-0.15, -0.1) is 0 Å². The Morgan fingerprint density at radius 3 is 2.52 bits per heavy atom. The molecule has 1 aromatic rings. The summed E-state index contributed by atoms with van der Waals surface area (Å²) in [5.41, 5.74) is 5.70. The van der Waals surface area contributed by atoms with Gasteiger partial charge in [0.2, 0.25) is 11.8 Å². The van der Waals surface area contributed by atoms with E-state index in [-0.39, 0.29) is 11.6 Å². The Balaban J connectivity index is 1.79. The van der Waals surface area contributed by atoms with Crippen LogP contribution >= 0.6 is 0 Å². The summed E-state index contributed by atoms with van der Waals surface area (Å²) in [4.78, 5) is 28.9. The van der Waals surface area contributed by atoms with E-state index in [1.54, 1.807) is 13.0 Å². The molecule has 6 nitrogen and oxygen atoms in total. The van der Waals surface area contributed by atoms with Crippen molar-refractivity contribution in [2.45, 2.75) is 57.9 Å². The normalized spacial score (nSPS) is 19.4. The number of nitrogens with zero attached hydrogens (tertiary/aromatic N) is 1. The summed E-state index contributed by atoms with van der Waals surface area (Å²) in [6, 6.07) is 3.63. The third-order valence-electron chi connectivity index (χ3n) is 5.33. The van der Waals surface area contributed by atoms with Gasteiger partial charge in [0.05, 0.1) is 6.61 Å². The number of hydrogen-bond acceptors (Lipinski definition) is 4. The molecule has 1 aromatic heterocycles. The molecule has 0 spiro atoms. The van der Waals surface area contributed by atoms with Gasteiger partial charge < -0.3 is 15.8 Å². The van der Waals surface area contributed by atoms with Crippen molar-refractivity contribution in [2.24, 2.45) is 17.6 Å². The highest BCUT2D eigenvalue weighted by Crippen LogP contribution is 2.44. The Hall–Kier alpha value is -2.11. The minimum Gasteiger partial charge on any atom is -0.477 e. The first-order valence-corrected chi connectivity index (χ1v) is 9.07. The number of pyridine rings is 1. The number of rotatable bonds is 8. The number of ether oxygens (including phenoxy) is 1. The van der Waals surface area contributed by atoms with E-state index in [1.165, 1.54) is 12.8 Å². The number of carbonyl (C=O) groups excluding carboxylic acids is 2. The van der Waals surface area contributed by atoms with E-state index < -0.39 is 17.4 Å². The van der Waals surface area contributed by atoms with Crippen LogP contribution in [0.15, 0.2) is 12.1 Å². The Kier molecular flexibility index (Phi) is 4.71. The second-order valence-corrected chi connectivity index (χ2v) is 7.79. The summed E-state index contributed by atoms with van der Waals surface area (Å²) in [6.07, 6.45) is 4.68. The predicted molar refractivity (Wildman–Crippen MR) is 94.3 cm³/mol. The van der Waals surface area contributed by atoms with Crippen LogP contribution in [-0.2, 0) is 4.79 Å². The van der Waals surface area contributed by atoms with Crippen molar-refractivity contribution in [3.8, 4) is 5.88 Å². The highest BCUT2D eigenvalue weighted by atomic mass is 16.5. The number of primary amides is 1. The SMILES string of the molecule is CC(C)C(C)(NC(=O)c1ccc(C2CC2)c(OCC2CC2)n1)C(N)=O. The zero-order valence-corrected chi connectivity index (χ0v) is 15.2. The van der Waals surface area contributed by atoms with Crippen molar-refractivity contribution >= 4 is 11.8 Å². The fourth-order valence-corrected chi connectivity index (χ4v) is 2.67. The monoisotopic (exact) mass is 345 g/mol. The highest BCUT2D eigenvalue weighted by Gasteiger charge is 2.37. The van der Waals surface area contributed by atoms with Gasteiger partial charge in [-0.3, -0.25) is 9.59 Å². The number of carbonyl (C=O) groups is 2. The molecule has 0 aliphatic heterocycles. The van der Waals surface area contributed by atoms with Gasteiger partial charge in [0.25, 0.3) is 5.91 Å². The number of nitrogens with two attached hydrogens (primary N) is 1. The Bertz CT molecular complexity index is 680. The molecule has 2 fully saturated rings. The van der Waals surface area contributed by atoms with Crippen LogP contribution in [0, 0.1) is 11.8 Å². The molecule has 2 amide bonds. The maximum atomic E-state index is 12.6. The van der Waals surface area contributed by atoms with E-state index in [0.29, 0.717) is 24.3 Å². The fraction of sp³-hybridized carbons (Fsp3) is 0.632. The molecule has 3 rings (SSSR count). The summed E-state index contributed by atoms with van der Waals surface area (Å²) < 4.78 is 5.90. The van der Waals surface area contributed by atoms with Crippen molar-refractivity contribution in [2.75, 3.05) is 6.61 Å². The molecule has 0 radical (unpaired) electrons. The third kappa shape index (κ3) is 3.94. The summed E-state index contributed by atoms with van der Waals surface area (Å²) in [6.45, 7) is 5.99. The average molecular weight is 345 g/mol. The lowest BCUT2D eigenvalue weighted by atomic mass is 9.87. The quantitative estimate of drug-likeness (QED) is 0.756. The van der Waals surface area contributed by atoms with E-state index in [1.807, 2.05) is 19.9 Å². The molecule has 1 atom stereocenters. The topological polar surface area (TPSA) is 94.3 Å². The minimum atomic E-state index is -1.12. The Labute approximate surface area is 148 Å². The number of aromatic nitrogens is 1. The zero-order chi connectivity index (χ0) is 18.2. The molecule has 6 heteroatoms. The number of nitrogens with one attached hydrogen (secondary N) is 1. The minimum absolute atomic E-state index is 0.134. The van der Waals surface area contributed by atoms with Crippen LogP contribution in [0.3, 0.4) is 0 Å². The van der Waals surface area contributed by atoms with Crippen LogP contribution < -0.4 is 15.8 Å². The Morgan fingerprint density at radius 1 is 1.32 bits per heavy atom. The summed E-state index contributed by atoms with van der Waals surface area (Å²) >= 11 is 0. The molecule has 2 aliphatic rings. The first-order valence-electron chi connectivity index (χ1n) is 9.07. The lowest BCUT2D eigenvalue weighted by Crippen LogP contribution is -2.58. The summed E-state index contributed by atoms with van der Waals surface area (Å²) in [5, 5.41) is 2.75. The van der Waals surface area contributed by atoms with Gasteiger partial charge in [-0.05, 0) is 56.4 Å². The predicted octanol–water partition coefficient (Wildman–Crippen LogP) is 2.38. The standard InChI is InChI=1S/C19H27N3O3/c1-11(2)19(3,18(20)24)22-16(23)15-9-8-14(13-6-7-13)17(21-15)25-10-12-4-5-12/h8-9,11-13H,4-7,10H2,1-3H3,(H2,20,24)(H,22,23). The van der Waals surface area contributed by atoms with Crippen molar-refractivity contribution in [3.63, 3.8) is 0 Å². The maximum absolute atomic E-state index is 12.6. The molecule has 136 valence electrons. The van der Waals surface area contributed by atoms with Crippen molar-refractivity contribution in [1.29, 1.82) is 0 Å². The molecular formula is C19H27N3O3. The maximum Gasteiger partial charge on any atom is 0.270 e. The second-order valence-electron chi connectivity index (χ2n) is 7.79. The van der Waals surface area contributed by atoms with Crippen molar-refractivity contribution < 1.29 is 14.3 Å². The van der Waals surface area contributed by atoms with Crippen LogP contribution in [-0.4, -0.2) is 28.9 Å². The van der Waals surface area contributed by atoms with Gasteiger partial charge in [-0.1, -0.05) is 19.9 Å². The van der Waals surface area contributed by atoms with Crippen LogP contribution in [0.2, 0.25) is 0 Å². The van der Waals surface area contributed by atoms with Crippen molar-refractivity contribution in [3.05, 3.63) is 23.4 Å². The summed E-state index contributed by atoms with van der Waals surface area (Å²) in [7, 11) is 0. The third-order valence-corrected chi connectivity index (χ3v) is 5.33. The van der Waals surface area contributed by atoms with Crippen molar-refractivity contribution in [1.82, 2.24) is 10.3 Å². The van der Waals surface area contributed by atoms with Crippen LogP contribution in [0.25, 0.3) is 0 Å². The van der Waals surface area contributed by atoms with Crippen LogP contribution in [0.1, 0.15) is 68.4 Å². The van der Waals surface area contributed by atoms with Gasteiger partial charge in [0, 0.05) is 5.56 Å². The van der Waals surface area contributed by atoms with E-state index in [2.05, 4.69) is 10.3 Å². The number of amides is 2. The smallest absolute Gasteiger partial charge is 0.270 e. The molecular weight excluding hydrogens is 318 g/mol. The van der Waals surface area contributed by atoms with Crippen LogP contribution in [0.5, 0.6) is 5.88 Å². The molecule has 1 heterocycles. The lowest BCUT2D eigenvalue weighted by molar-refractivity contribution is -0.125. The van der Waals surface area contributed by atoms with Gasteiger partial charge in [0.15, 0.2) is 0 Å².